The summed E-state index contributed by atoms with van der Waals surface area (Å²) in [6.07, 6.45) is 5.02. The fourth-order valence-corrected chi connectivity index (χ4v) is 2.24. The molecule has 0 amide bonds. The highest BCUT2D eigenvalue weighted by Gasteiger charge is 2.02. The predicted molar refractivity (Wildman–Crippen MR) is 113 cm³/mol. The number of hydrogen-bond acceptors (Lipinski definition) is 3. The van der Waals surface area contributed by atoms with Gasteiger partial charge < -0.3 is 9.84 Å². The van der Waals surface area contributed by atoms with Gasteiger partial charge in [-0.15, -0.1) is 0 Å². The zero-order valence-electron chi connectivity index (χ0n) is 15.9. The number of allylic oxidation sites excluding steroid dienone is 1. The van der Waals surface area contributed by atoms with Crippen LogP contribution in [0.1, 0.15) is 30.7 Å². The summed E-state index contributed by atoms with van der Waals surface area (Å²) < 4.78 is 5.09. The summed E-state index contributed by atoms with van der Waals surface area (Å²) in [6.45, 7) is 6.02. The van der Waals surface area contributed by atoms with Gasteiger partial charge in [0.25, 0.3) is 0 Å². The summed E-state index contributed by atoms with van der Waals surface area (Å²) in [6, 6.07) is 12.3. The van der Waals surface area contributed by atoms with Crippen molar-refractivity contribution in [1.82, 2.24) is 4.98 Å². The molecule has 140 valence electrons. The van der Waals surface area contributed by atoms with Crippen molar-refractivity contribution in [3.8, 4) is 0 Å². The number of aliphatic hydroxyl groups is 1. The summed E-state index contributed by atoms with van der Waals surface area (Å²) in [4.78, 5) is 4.34. The van der Waals surface area contributed by atoms with Crippen LogP contribution in [0.2, 0.25) is 5.15 Å². The minimum Gasteiger partial charge on any atom is -0.400 e. The van der Waals surface area contributed by atoms with E-state index < -0.39 is 0 Å². The summed E-state index contributed by atoms with van der Waals surface area (Å²) in [5, 5.41) is 7.50. The Hall–Kier alpha value is -1.20. The molecule has 0 saturated heterocycles. The van der Waals surface area contributed by atoms with Crippen LogP contribution in [-0.4, -0.2) is 31.4 Å². The minimum absolute atomic E-state index is 0.500. The van der Waals surface area contributed by atoms with Crippen LogP contribution in [0.15, 0.2) is 46.9 Å². The molecule has 0 aliphatic rings. The second-order valence-corrected chi connectivity index (χ2v) is 5.68. The van der Waals surface area contributed by atoms with E-state index in [-0.39, 0.29) is 0 Å². The molecule has 0 fully saturated rings. The van der Waals surface area contributed by atoms with E-state index >= 15 is 0 Å². The Morgan fingerprint density at radius 1 is 1.16 bits per heavy atom. The Morgan fingerprint density at radius 2 is 1.68 bits per heavy atom. The normalized spacial score (nSPS) is 9.16. The van der Waals surface area contributed by atoms with Crippen LogP contribution in [0.3, 0.4) is 0 Å². The maximum absolute atomic E-state index is 7.00. The van der Waals surface area contributed by atoms with Gasteiger partial charge in [-0.1, -0.05) is 61.9 Å². The average Bonchev–Trinajstić information content (AvgIpc) is 2.64. The van der Waals surface area contributed by atoms with Gasteiger partial charge in [0, 0.05) is 21.3 Å². The third kappa shape index (κ3) is 11.9. The molecule has 5 heteroatoms. The summed E-state index contributed by atoms with van der Waals surface area (Å²) >= 11 is 9.36. The van der Waals surface area contributed by atoms with Gasteiger partial charge in [0.15, 0.2) is 0 Å². The molecule has 0 saturated carbocycles. The molecule has 0 atom stereocenters. The molecule has 2 rings (SSSR count). The van der Waals surface area contributed by atoms with Crippen molar-refractivity contribution in [2.45, 2.75) is 27.2 Å². The third-order valence-corrected chi connectivity index (χ3v) is 3.76. The molecule has 0 aliphatic heterocycles. The number of aryl methyl sites for hydroxylation is 1. The van der Waals surface area contributed by atoms with Crippen LogP contribution in [0, 0.1) is 6.92 Å². The first kappa shape index (κ1) is 26.0. The van der Waals surface area contributed by atoms with Crippen LogP contribution in [0.4, 0.5) is 0 Å². The van der Waals surface area contributed by atoms with E-state index in [9.17, 15) is 0 Å². The van der Waals surface area contributed by atoms with E-state index in [1.165, 1.54) is 5.56 Å². The lowest BCUT2D eigenvalue weighted by Crippen LogP contribution is -1.89. The number of halogens is 2. The molecule has 25 heavy (non-hydrogen) atoms. The monoisotopic (exact) mass is 429 g/mol. The van der Waals surface area contributed by atoms with E-state index in [2.05, 4.69) is 43.9 Å². The second-order valence-electron chi connectivity index (χ2n) is 4.46. The third-order valence-electron chi connectivity index (χ3n) is 2.64. The number of methoxy groups -OCH3 is 1. The topological polar surface area (TPSA) is 42.4 Å². The number of benzene rings is 1. The van der Waals surface area contributed by atoms with Crippen molar-refractivity contribution >= 4 is 33.6 Å². The molecule has 0 radical (unpaired) electrons. The molecular formula is C20H29BrClNO2. The Bertz CT molecular complexity index is 590. The van der Waals surface area contributed by atoms with E-state index in [1.54, 1.807) is 14.2 Å². The molecule has 0 aliphatic carbocycles. The van der Waals surface area contributed by atoms with Gasteiger partial charge in [-0.2, -0.15) is 0 Å². The second kappa shape index (κ2) is 17.6. The predicted octanol–water partition coefficient (Wildman–Crippen LogP) is 5.96. The molecule has 1 heterocycles. The lowest BCUT2D eigenvalue weighted by Gasteiger charge is -2.02. The Balaban J connectivity index is 0. The Kier molecular flexibility index (Phi) is 18.3. The van der Waals surface area contributed by atoms with Gasteiger partial charge >= 0.3 is 0 Å². The largest absolute Gasteiger partial charge is 0.400 e. The summed E-state index contributed by atoms with van der Waals surface area (Å²) in [7, 11) is 4.25. The number of aliphatic hydroxyl groups excluding tert-OH is 1. The van der Waals surface area contributed by atoms with E-state index in [0.29, 0.717) is 5.15 Å². The highest BCUT2D eigenvalue weighted by Crippen LogP contribution is 2.23. The van der Waals surface area contributed by atoms with Crippen molar-refractivity contribution in [3.05, 3.63) is 68.9 Å². The molecule has 0 spiro atoms. The quantitative estimate of drug-likeness (QED) is 0.611. The lowest BCUT2D eigenvalue weighted by molar-refractivity contribution is 0.277. The van der Waals surface area contributed by atoms with E-state index in [4.69, 9.17) is 16.7 Å². The molecule has 3 nitrogen and oxygen atoms in total. The van der Waals surface area contributed by atoms with Gasteiger partial charge in [0.2, 0.25) is 0 Å². The Morgan fingerprint density at radius 3 is 2.20 bits per heavy atom. The molecule has 0 bridgehead atoms. The SMILES string of the molecule is CC.CO.COC.Cc1cc(Br)c(Cl)nc1/C=C\Cc1ccccc1. The zero-order chi connectivity index (χ0) is 19.7. The molecule has 1 N–H and O–H groups in total. The van der Waals surface area contributed by atoms with Crippen LogP contribution in [-0.2, 0) is 11.2 Å². The van der Waals surface area contributed by atoms with Crippen molar-refractivity contribution in [1.29, 1.82) is 0 Å². The number of nitrogens with zero attached hydrogens (tertiary/aromatic N) is 1. The van der Waals surface area contributed by atoms with Crippen molar-refractivity contribution < 1.29 is 9.84 Å². The van der Waals surface area contributed by atoms with Gasteiger partial charge in [0.1, 0.15) is 5.15 Å². The van der Waals surface area contributed by atoms with Gasteiger partial charge in [-0.3, -0.25) is 0 Å². The number of rotatable bonds is 3. The summed E-state index contributed by atoms with van der Waals surface area (Å²) in [5.74, 6) is 0. The first-order chi connectivity index (χ1) is 12.1. The first-order valence-electron chi connectivity index (χ1n) is 7.96. The van der Waals surface area contributed by atoms with Crippen LogP contribution in [0.5, 0.6) is 0 Å². The number of hydrogen-bond donors (Lipinski definition) is 1. The fourth-order valence-electron chi connectivity index (χ4n) is 1.66. The standard InChI is InChI=1S/C15H13BrClN.C2H6O.C2H6.CH4O/c1-11-10-13(16)15(17)18-14(11)9-5-8-12-6-3-2-4-7-12;1-3-2;2*1-2/h2-7,9-10H,8H2,1H3;1-2H3;1-2H3;2H,1H3/b9-5-;;;. The zero-order valence-corrected chi connectivity index (χ0v) is 18.2. The lowest BCUT2D eigenvalue weighted by atomic mass is 10.1. The maximum Gasteiger partial charge on any atom is 0.143 e. The smallest absolute Gasteiger partial charge is 0.143 e. The molecule has 1 aromatic heterocycles. The molecular weight excluding hydrogens is 402 g/mol. The number of aromatic nitrogens is 1. The van der Waals surface area contributed by atoms with Crippen LogP contribution in [0.25, 0.3) is 6.08 Å². The maximum atomic E-state index is 7.00. The minimum atomic E-state index is 0.500. The van der Waals surface area contributed by atoms with Crippen molar-refractivity contribution in [2.75, 3.05) is 21.3 Å². The average molecular weight is 431 g/mol. The van der Waals surface area contributed by atoms with Crippen molar-refractivity contribution in [3.63, 3.8) is 0 Å². The fraction of sp³-hybridized carbons (Fsp3) is 0.350. The van der Waals surface area contributed by atoms with Gasteiger partial charge in [-0.25, -0.2) is 4.98 Å². The van der Waals surface area contributed by atoms with Crippen molar-refractivity contribution in [2.24, 2.45) is 0 Å². The summed E-state index contributed by atoms with van der Waals surface area (Å²) in [5.41, 5.74) is 3.31. The van der Waals surface area contributed by atoms with Gasteiger partial charge in [0.05, 0.1) is 10.2 Å². The van der Waals surface area contributed by atoms with Gasteiger partial charge in [-0.05, 0) is 52.5 Å². The van der Waals surface area contributed by atoms with Crippen LogP contribution < -0.4 is 0 Å². The highest BCUT2D eigenvalue weighted by molar-refractivity contribution is 9.10. The number of pyridine rings is 1. The first-order valence-corrected chi connectivity index (χ1v) is 9.13. The van der Waals surface area contributed by atoms with Crippen LogP contribution >= 0.6 is 27.5 Å². The van der Waals surface area contributed by atoms with E-state index in [0.717, 1.165) is 29.3 Å². The molecule has 2 aromatic rings. The number of ether oxygens (including phenoxy) is 1. The highest BCUT2D eigenvalue weighted by atomic mass is 79.9. The molecule has 1 aromatic carbocycles. The Labute approximate surface area is 165 Å². The van der Waals surface area contributed by atoms with E-state index in [1.807, 2.05) is 51.1 Å². The molecule has 0 unspecified atom stereocenters.